The van der Waals surface area contributed by atoms with Crippen LogP contribution in [-0.4, -0.2) is 66.2 Å². The number of amides is 2. The molecule has 5 rings (SSSR count). The summed E-state index contributed by atoms with van der Waals surface area (Å²) < 4.78 is 20.0. The van der Waals surface area contributed by atoms with Crippen LogP contribution < -0.4 is 20.7 Å². The number of hydrogen-bond donors (Lipinski definition) is 2. The summed E-state index contributed by atoms with van der Waals surface area (Å²) in [6, 6.07) is -1.05. The number of carboxylic acid groups (broad SMARTS) is 1. The van der Waals surface area contributed by atoms with Crippen molar-refractivity contribution in [3.05, 3.63) is 41.2 Å². The van der Waals surface area contributed by atoms with Gasteiger partial charge in [0, 0.05) is 28.2 Å². The fourth-order valence-corrected chi connectivity index (χ4v) is 6.27. The van der Waals surface area contributed by atoms with Gasteiger partial charge in [-0.15, -0.1) is 11.8 Å². The van der Waals surface area contributed by atoms with E-state index in [1.165, 1.54) is 23.1 Å². The molecule has 0 unspecified atom stereocenters. The van der Waals surface area contributed by atoms with E-state index >= 15 is 0 Å². The Morgan fingerprint density at radius 2 is 2.29 bits per heavy atom. The number of fused-ring (bicyclic) bond motifs is 2. The van der Waals surface area contributed by atoms with Gasteiger partial charge in [0.2, 0.25) is 22.7 Å². The number of nitrogen functional groups attached to an aromatic ring is 1. The number of oxime groups is 1. The van der Waals surface area contributed by atoms with Crippen molar-refractivity contribution in [2.75, 3.05) is 18.3 Å². The van der Waals surface area contributed by atoms with Crippen molar-refractivity contribution < 1.29 is 33.3 Å². The molecule has 2 atom stereocenters. The Morgan fingerprint density at radius 1 is 1.46 bits per heavy atom. The summed E-state index contributed by atoms with van der Waals surface area (Å²) in [5.41, 5.74) is 5.36. The number of aromatic nitrogens is 4. The minimum Gasteiger partial charge on any atom is -0.543 e. The first-order chi connectivity index (χ1) is 16.9. The van der Waals surface area contributed by atoms with Gasteiger partial charge >= 0.3 is 0 Å². The predicted octanol–water partition coefficient (Wildman–Crippen LogP) is -1.53. The minimum atomic E-state index is -1.48. The first kappa shape index (κ1) is 23.2. The van der Waals surface area contributed by atoms with E-state index in [1.807, 2.05) is 33.1 Å². The highest BCUT2D eigenvalue weighted by Crippen LogP contribution is 2.40. The molecule has 13 nitrogen and oxygen atoms in total. The number of anilines is 1. The van der Waals surface area contributed by atoms with E-state index in [9.17, 15) is 23.9 Å². The molecule has 0 aromatic carbocycles. The van der Waals surface area contributed by atoms with Gasteiger partial charge in [-0.25, -0.2) is 8.96 Å². The Kier molecular flexibility index (Phi) is 6.12. The summed E-state index contributed by atoms with van der Waals surface area (Å²) in [6.45, 7) is -1.04. The van der Waals surface area contributed by atoms with E-state index in [-0.39, 0.29) is 23.2 Å². The van der Waals surface area contributed by atoms with Crippen molar-refractivity contribution >= 4 is 68.1 Å². The van der Waals surface area contributed by atoms with Crippen LogP contribution in [-0.2, 0) is 25.8 Å². The van der Waals surface area contributed by atoms with Crippen LogP contribution in [0.5, 0.6) is 0 Å². The van der Waals surface area contributed by atoms with Gasteiger partial charge in [-0.3, -0.25) is 14.5 Å². The number of imidazole rings is 1. The van der Waals surface area contributed by atoms with Gasteiger partial charge in [-0.2, -0.15) is 13.8 Å². The number of nitrogens with two attached hydrogens (primary N) is 1. The molecule has 2 aliphatic heterocycles. The maximum absolute atomic E-state index is 12.9. The fourth-order valence-electron chi connectivity index (χ4n) is 3.74. The van der Waals surface area contributed by atoms with Crippen molar-refractivity contribution in [2.45, 2.75) is 18.0 Å². The van der Waals surface area contributed by atoms with Gasteiger partial charge in [0.05, 0.1) is 11.7 Å². The number of rotatable bonds is 8. The van der Waals surface area contributed by atoms with E-state index < -0.39 is 41.8 Å². The Labute approximate surface area is 207 Å². The average molecular weight is 539 g/mol. The summed E-state index contributed by atoms with van der Waals surface area (Å²) in [7, 11) is 0. The number of carbonyl (C=O) groups is 3. The summed E-state index contributed by atoms with van der Waals surface area (Å²) >= 11 is 3.63. The molecular formula is C18H15FN8O5S3. The molecule has 0 saturated carbocycles. The minimum absolute atomic E-state index is 0.0479. The molecule has 2 amide bonds. The number of hydrogen-bond acceptors (Lipinski definition) is 12. The summed E-state index contributed by atoms with van der Waals surface area (Å²) in [6.07, 6.45) is 5.58. The zero-order valence-corrected chi connectivity index (χ0v) is 19.9. The number of thiazole rings is 1. The smallest absolute Gasteiger partial charge is 0.278 e. The molecule has 0 bridgehead atoms. The molecule has 5 heterocycles. The van der Waals surface area contributed by atoms with Crippen LogP contribution in [0.15, 0.2) is 40.5 Å². The Bertz CT molecular complexity index is 1370. The Balaban J connectivity index is 1.35. The number of aliphatic carboxylic acids is 1. The van der Waals surface area contributed by atoms with Crippen LogP contribution in [0.25, 0.3) is 4.83 Å². The number of halogens is 1. The molecule has 3 aromatic rings. The predicted molar refractivity (Wildman–Crippen MR) is 120 cm³/mol. The lowest BCUT2D eigenvalue weighted by atomic mass is 10.0. The molecular weight excluding hydrogens is 523 g/mol. The Morgan fingerprint density at radius 3 is 2.97 bits per heavy atom. The molecule has 0 spiro atoms. The zero-order valence-electron chi connectivity index (χ0n) is 17.5. The molecule has 182 valence electrons. The van der Waals surface area contributed by atoms with E-state index in [4.69, 9.17) is 5.73 Å². The molecule has 0 aliphatic carbocycles. The molecule has 1 fully saturated rings. The Hall–Kier alpha value is -3.57. The number of nitrogens with zero attached hydrogens (tertiary/aromatic N) is 6. The third-order valence-corrected chi connectivity index (χ3v) is 7.89. The normalized spacial score (nSPS) is 20.1. The summed E-state index contributed by atoms with van der Waals surface area (Å²) in [4.78, 5) is 47.9. The lowest BCUT2D eigenvalue weighted by Crippen LogP contribution is -2.71. The van der Waals surface area contributed by atoms with Crippen molar-refractivity contribution in [3.63, 3.8) is 0 Å². The van der Waals surface area contributed by atoms with Crippen molar-refractivity contribution in [1.82, 2.24) is 24.0 Å². The highest BCUT2D eigenvalue weighted by Gasteiger charge is 2.53. The van der Waals surface area contributed by atoms with Crippen LogP contribution in [0.1, 0.15) is 5.82 Å². The van der Waals surface area contributed by atoms with Gasteiger partial charge < -0.3 is 25.8 Å². The van der Waals surface area contributed by atoms with Crippen LogP contribution in [0.2, 0.25) is 0 Å². The second kappa shape index (κ2) is 9.23. The first-order valence-electron chi connectivity index (χ1n) is 9.86. The SMILES string of the molecule is Nc1nc(/C(=N/OCF)C(=O)N[C@@H]2C(=O)N3C(C(=O)[O-])=C(C[n+]4cc5sccn5c4)CS[C@H]23)ns1. The highest BCUT2D eigenvalue weighted by molar-refractivity contribution is 8.00. The van der Waals surface area contributed by atoms with Crippen molar-refractivity contribution in [1.29, 1.82) is 0 Å². The van der Waals surface area contributed by atoms with E-state index in [0.717, 1.165) is 21.3 Å². The topological polar surface area (TPSA) is 171 Å². The molecule has 35 heavy (non-hydrogen) atoms. The van der Waals surface area contributed by atoms with Gasteiger partial charge in [-0.05, 0) is 0 Å². The number of β-lactam (4-membered cyclic amide) rings is 1. The third kappa shape index (κ3) is 4.21. The van der Waals surface area contributed by atoms with Crippen molar-refractivity contribution in [2.24, 2.45) is 5.16 Å². The monoisotopic (exact) mass is 538 g/mol. The van der Waals surface area contributed by atoms with E-state index in [0.29, 0.717) is 11.3 Å². The third-order valence-electron chi connectivity index (χ3n) is 5.19. The summed E-state index contributed by atoms with van der Waals surface area (Å²) in [5, 5.41) is 19.1. The number of thioether (sulfide) groups is 1. The van der Waals surface area contributed by atoms with Gasteiger partial charge in [0.25, 0.3) is 18.7 Å². The zero-order chi connectivity index (χ0) is 24.7. The molecule has 2 aliphatic rings. The van der Waals surface area contributed by atoms with Crippen LogP contribution >= 0.6 is 34.6 Å². The maximum atomic E-state index is 12.9. The quantitative estimate of drug-likeness (QED) is 0.149. The van der Waals surface area contributed by atoms with E-state index in [1.54, 1.807) is 0 Å². The molecule has 0 radical (unpaired) electrons. The number of carboxylic acids is 1. The molecule has 3 N–H and O–H groups in total. The number of nitrogens with one attached hydrogen (secondary N) is 1. The lowest BCUT2D eigenvalue weighted by Gasteiger charge is -2.50. The second-order valence-electron chi connectivity index (χ2n) is 7.30. The van der Waals surface area contributed by atoms with Gasteiger partial charge in [0.1, 0.15) is 30.4 Å². The summed E-state index contributed by atoms with van der Waals surface area (Å²) in [5.74, 6) is -2.90. The van der Waals surface area contributed by atoms with Gasteiger partial charge in [0.15, 0.2) is 5.13 Å². The molecule has 17 heteroatoms. The van der Waals surface area contributed by atoms with Gasteiger partial charge in [-0.1, -0.05) is 16.5 Å². The average Bonchev–Trinajstić information content (AvgIpc) is 3.54. The second-order valence-corrected chi connectivity index (χ2v) is 10.1. The van der Waals surface area contributed by atoms with Crippen LogP contribution in [0.4, 0.5) is 9.52 Å². The van der Waals surface area contributed by atoms with E-state index in [2.05, 4.69) is 24.7 Å². The standard InChI is InChI=1S/C18H15FN8O5S3/c19-6-32-23-10(13-22-18(20)35-24-13)14(28)21-11-15(29)27-12(17(30)31)8(5-34-16(11)27)3-25-4-9-26(7-25)1-2-33-9/h1-2,4,7,11,16H,3,5-6H2,(H3-,20,21,22,24,28,30,31)/b23-10-/t11-,16-/m1/s1. The van der Waals surface area contributed by atoms with Crippen LogP contribution in [0.3, 0.4) is 0 Å². The molecule has 1 saturated heterocycles. The largest absolute Gasteiger partial charge is 0.543 e. The fraction of sp³-hybridized carbons (Fsp3) is 0.278. The molecule has 3 aromatic heterocycles. The number of alkyl halides is 1. The lowest BCUT2D eigenvalue weighted by molar-refractivity contribution is -0.687. The first-order valence-corrected chi connectivity index (χ1v) is 12.6. The highest BCUT2D eigenvalue weighted by atomic mass is 32.2. The maximum Gasteiger partial charge on any atom is 0.278 e. The van der Waals surface area contributed by atoms with Crippen LogP contribution in [0, 0.1) is 0 Å². The number of carbonyl (C=O) groups excluding carboxylic acids is 3. The van der Waals surface area contributed by atoms with Crippen molar-refractivity contribution in [3.8, 4) is 0 Å².